The van der Waals surface area contributed by atoms with Crippen LogP contribution < -0.4 is 5.73 Å². The van der Waals surface area contributed by atoms with Gasteiger partial charge in [0, 0.05) is 5.54 Å². The van der Waals surface area contributed by atoms with Crippen molar-refractivity contribution in [3.8, 4) is 0 Å². The van der Waals surface area contributed by atoms with Crippen molar-refractivity contribution in [3.63, 3.8) is 0 Å². The van der Waals surface area contributed by atoms with Gasteiger partial charge in [-0.15, -0.1) is 0 Å². The summed E-state index contributed by atoms with van der Waals surface area (Å²) in [7, 11) is 0. The van der Waals surface area contributed by atoms with Gasteiger partial charge in [0.25, 0.3) is 0 Å². The van der Waals surface area contributed by atoms with Crippen LogP contribution in [0, 0.1) is 23.2 Å². The van der Waals surface area contributed by atoms with E-state index in [4.69, 9.17) is 5.73 Å². The molecule has 19 heavy (non-hydrogen) atoms. The zero-order chi connectivity index (χ0) is 14.1. The Kier molecular flexibility index (Phi) is 4.65. The molecule has 112 valence electrons. The van der Waals surface area contributed by atoms with Crippen molar-refractivity contribution < 1.29 is 0 Å². The predicted molar refractivity (Wildman–Crippen MR) is 84.1 cm³/mol. The first-order chi connectivity index (χ1) is 8.89. The topological polar surface area (TPSA) is 26.0 Å². The van der Waals surface area contributed by atoms with Crippen molar-refractivity contribution in [3.05, 3.63) is 0 Å². The highest BCUT2D eigenvalue weighted by atomic mass is 14.8. The van der Waals surface area contributed by atoms with Crippen molar-refractivity contribution in [2.75, 3.05) is 0 Å². The largest absolute Gasteiger partial charge is 0.325 e. The smallest absolute Gasteiger partial charge is 0.0219 e. The summed E-state index contributed by atoms with van der Waals surface area (Å²) in [5.41, 5.74) is 7.62. The van der Waals surface area contributed by atoms with Crippen LogP contribution in [0.1, 0.15) is 85.5 Å². The number of nitrogens with two attached hydrogens (primary N) is 1. The van der Waals surface area contributed by atoms with Gasteiger partial charge in [-0.2, -0.15) is 0 Å². The van der Waals surface area contributed by atoms with Crippen LogP contribution in [0.25, 0.3) is 0 Å². The molecule has 0 amide bonds. The third kappa shape index (κ3) is 3.01. The van der Waals surface area contributed by atoms with Gasteiger partial charge in [-0.25, -0.2) is 0 Å². The minimum Gasteiger partial charge on any atom is -0.325 e. The lowest BCUT2D eigenvalue weighted by molar-refractivity contribution is -0.00323. The lowest BCUT2D eigenvalue weighted by Gasteiger charge is -2.55. The lowest BCUT2D eigenvalue weighted by Crippen LogP contribution is -2.60. The van der Waals surface area contributed by atoms with Crippen LogP contribution in [0.5, 0.6) is 0 Å². The molecule has 2 aliphatic carbocycles. The van der Waals surface area contributed by atoms with Crippen molar-refractivity contribution >= 4 is 0 Å². The first-order valence-electron chi connectivity index (χ1n) is 8.68. The fraction of sp³-hybridized carbons (Fsp3) is 1.00. The van der Waals surface area contributed by atoms with E-state index in [9.17, 15) is 0 Å². The van der Waals surface area contributed by atoms with Crippen LogP contribution in [0.4, 0.5) is 0 Å². The highest BCUT2D eigenvalue weighted by Gasteiger charge is 2.50. The average Bonchev–Trinajstić information content (AvgIpc) is 2.38. The van der Waals surface area contributed by atoms with Crippen molar-refractivity contribution in [1.29, 1.82) is 0 Å². The van der Waals surface area contributed by atoms with Gasteiger partial charge in [-0.05, 0) is 42.4 Å². The van der Waals surface area contributed by atoms with Gasteiger partial charge in [0.1, 0.15) is 0 Å². The quantitative estimate of drug-likeness (QED) is 0.735. The van der Waals surface area contributed by atoms with E-state index in [0.29, 0.717) is 11.3 Å². The molecule has 0 aromatic rings. The molecular formula is C18H35N. The molecule has 1 nitrogen and oxygen atoms in total. The van der Waals surface area contributed by atoms with Crippen LogP contribution in [0.15, 0.2) is 0 Å². The summed E-state index contributed by atoms with van der Waals surface area (Å²) in [4.78, 5) is 0. The van der Waals surface area contributed by atoms with E-state index >= 15 is 0 Å². The van der Waals surface area contributed by atoms with Gasteiger partial charge in [0.05, 0.1) is 0 Å². The SMILES string of the molecule is CCC1CCCCC1C1(N)CCCCC1C(C)(C)C. The maximum absolute atomic E-state index is 7.13. The normalized spacial score (nSPS) is 41.2. The third-order valence-electron chi connectivity index (χ3n) is 6.17. The van der Waals surface area contributed by atoms with Gasteiger partial charge in [-0.3, -0.25) is 0 Å². The average molecular weight is 265 g/mol. The Morgan fingerprint density at radius 2 is 1.63 bits per heavy atom. The molecule has 0 aromatic heterocycles. The minimum absolute atomic E-state index is 0.123. The molecule has 2 aliphatic rings. The van der Waals surface area contributed by atoms with Crippen LogP contribution in [-0.2, 0) is 0 Å². The maximum atomic E-state index is 7.13. The Bertz CT molecular complexity index is 291. The molecule has 2 N–H and O–H groups in total. The summed E-state index contributed by atoms with van der Waals surface area (Å²) < 4.78 is 0. The fourth-order valence-corrected chi connectivity index (χ4v) is 5.31. The lowest BCUT2D eigenvalue weighted by atomic mass is 9.54. The van der Waals surface area contributed by atoms with Gasteiger partial charge in [0.15, 0.2) is 0 Å². The Morgan fingerprint density at radius 1 is 1.00 bits per heavy atom. The molecule has 2 rings (SSSR count). The second kappa shape index (κ2) is 5.76. The second-order valence-electron chi connectivity index (χ2n) is 8.34. The van der Waals surface area contributed by atoms with Gasteiger partial charge in [-0.1, -0.05) is 66.2 Å². The summed E-state index contributed by atoms with van der Waals surface area (Å²) >= 11 is 0. The molecule has 1 heteroatoms. The van der Waals surface area contributed by atoms with Gasteiger partial charge in [0.2, 0.25) is 0 Å². The summed E-state index contributed by atoms with van der Waals surface area (Å²) in [5, 5.41) is 0. The van der Waals surface area contributed by atoms with E-state index in [1.807, 2.05) is 0 Å². The van der Waals surface area contributed by atoms with E-state index in [1.165, 1.54) is 57.8 Å². The fourth-order valence-electron chi connectivity index (χ4n) is 5.31. The molecular weight excluding hydrogens is 230 g/mol. The summed E-state index contributed by atoms with van der Waals surface area (Å²) in [6.45, 7) is 9.61. The molecule has 2 fully saturated rings. The zero-order valence-corrected chi connectivity index (χ0v) is 13.7. The molecule has 0 heterocycles. The number of hydrogen-bond acceptors (Lipinski definition) is 1. The van der Waals surface area contributed by atoms with E-state index < -0.39 is 0 Å². The minimum atomic E-state index is 0.123. The molecule has 4 atom stereocenters. The van der Waals surface area contributed by atoms with Gasteiger partial charge >= 0.3 is 0 Å². The molecule has 0 radical (unpaired) electrons. The van der Waals surface area contributed by atoms with Crippen molar-refractivity contribution in [1.82, 2.24) is 0 Å². The van der Waals surface area contributed by atoms with Crippen LogP contribution in [-0.4, -0.2) is 5.54 Å². The first-order valence-corrected chi connectivity index (χ1v) is 8.68. The standard InChI is InChI=1S/C18H35N/c1-5-14-10-6-7-11-15(14)18(19)13-9-8-12-16(18)17(2,3)4/h14-16H,5-13,19H2,1-4H3. The number of rotatable bonds is 2. The van der Waals surface area contributed by atoms with E-state index in [2.05, 4.69) is 27.7 Å². The van der Waals surface area contributed by atoms with Crippen LogP contribution >= 0.6 is 0 Å². The van der Waals surface area contributed by atoms with Crippen LogP contribution in [0.3, 0.4) is 0 Å². The molecule has 0 saturated heterocycles. The molecule has 0 aliphatic heterocycles. The summed E-state index contributed by atoms with van der Waals surface area (Å²) in [6.07, 6.45) is 12.4. The highest BCUT2D eigenvalue weighted by Crippen LogP contribution is 2.51. The Morgan fingerprint density at radius 3 is 2.26 bits per heavy atom. The summed E-state index contributed by atoms with van der Waals surface area (Å²) in [5.74, 6) is 2.39. The van der Waals surface area contributed by atoms with Gasteiger partial charge < -0.3 is 5.73 Å². The molecule has 4 unspecified atom stereocenters. The third-order valence-corrected chi connectivity index (χ3v) is 6.17. The molecule has 2 saturated carbocycles. The zero-order valence-electron chi connectivity index (χ0n) is 13.7. The Labute approximate surface area is 120 Å². The van der Waals surface area contributed by atoms with E-state index in [1.54, 1.807) is 0 Å². The highest BCUT2D eigenvalue weighted by molar-refractivity contribution is 5.05. The molecule has 0 spiro atoms. The van der Waals surface area contributed by atoms with Crippen molar-refractivity contribution in [2.45, 2.75) is 91.0 Å². The van der Waals surface area contributed by atoms with E-state index in [0.717, 1.165) is 11.8 Å². The Balaban J connectivity index is 2.25. The monoisotopic (exact) mass is 265 g/mol. The molecule has 0 bridgehead atoms. The Hall–Kier alpha value is -0.0400. The second-order valence-corrected chi connectivity index (χ2v) is 8.34. The van der Waals surface area contributed by atoms with Crippen molar-refractivity contribution in [2.24, 2.45) is 28.9 Å². The summed E-state index contributed by atoms with van der Waals surface area (Å²) in [6, 6.07) is 0. The van der Waals surface area contributed by atoms with E-state index in [-0.39, 0.29) is 5.54 Å². The van der Waals surface area contributed by atoms with Crippen LogP contribution in [0.2, 0.25) is 0 Å². The predicted octanol–water partition coefficient (Wildman–Crippen LogP) is 5.14. The number of hydrogen-bond donors (Lipinski definition) is 1. The molecule has 0 aromatic carbocycles. The first kappa shape index (κ1) is 15.4. The maximum Gasteiger partial charge on any atom is 0.0219 e.